The first kappa shape index (κ1) is 15.7. The van der Waals surface area contributed by atoms with Crippen molar-refractivity contribution in [2.24, 2.45) is 7.05 Å². The number of carbonyl (C=O) groups excluding carboxylic acids is 1. The van der Waals surface area contributed by atoms with Crippen molar-refractivity contribution in [3.8, 4) is 0 Å². The van der Waals surface area contributed by atoms with E-state index in [0.29, 0.717) is 24.1 Å². The maximum Gasteiger partial charge on any atom is 0.277 e. The maximum absolute atomic E-state index is 12.8. The van der Waals surface area contributed by atoms with Crippen LogP contribution in [0, 0.1) is 13.8 Å². The third kappa shape index (κ3) is 2.35. The van der Waals surface area contributed by atoms with Crippen LogP contribution in [0.3, 0.4) is 0 Å². The Labute approximate surface area is 134 Å². The minimum Gasteiger partial charge on any atom is -0.299 e. The van der Waals surface area contributed by atoms with E-state index in [1.54, 1.807) is 26.0 Å². The average molecular weight is 334 g/mol. The Bertz CT molecular complexity index is 980. The lowest BCUT2D eigenvalue weighted by Crippen LogP contribution is -2.22. The summed E-state index contributed by atoms with van der Waals surface area (Å²) in [5, 5.41) is 2.79. The van der Waals surface area contributed by atoms with Gasteiger partial charge in [-0.25, -0.2) is 8.42 Å². The number of aromatic amines is 1. The zero-order valence-corrected chi connectivity index (χ0v) is 14.1. The van der Waals surface area contributed by atoms with Gasteiger partial charge < -0.3 is 0 Å². The minimum atomic E-state index is -3.37. The van der Waals surface area contributed by atoms with Gasteiger partial charge >= 0.3 is 0 Å². The van der Waals surface area contributed by atoms with Crippen molar-refractivity contribution in [2.45, 2.75) is 31.6 Å². The average Bonchev–Trinajstić information content (AvgIpc) is 2.71. The summed E-state index contributed by atoms with van der Waals surface area (Å²) in [7, 11) is -1.83. The van der Waals surface area contributed by atoms with Crippen molar-refractivity contribution >= 4 is 15.6 Å². The van der Waals surface area contributed by atoms with Gasteiger partial charge in [-0.3, -0.25) is 19.4 Å². The van der Waals surface area contributed by atoms with Crippen LogP contribution in [-0.2, 0) is 23.3 Å². The number of hydrogen-bond donors (Lipinski definition) is 1. The van der Waals surface area contributed by atoms with Gasteiger partial charge in [-0.2, -0.15) is 0 Å². The van der Waals surface area contributed by atoms with Crippen molar-refractivity contribution in [3.05, 3.63) is 50.4 Å². The van der Waals surface area contributed by atoms with Gasteiger partial charge in [0.2, 0.25) is 5.78 Å². The third-order valence-electron chi connectivity index (χ3n) is 4.36. The first-order chi connectivity index (χ1) is 10.7. The minimum absolute atomic E-state index is 0.0590. The molecule has 0 saturated carbocycles. The van der Waals surface area contributed by atoms with Gasteiger partial charge in [-0.15, -0.1) is 0 Å². The smallest absolute Gasteiger partial charge is 0.277 e. The van der Waals surface area contributed by atoms with Gasteiger partial charge in [0.05, 0.1) is 10.6 Å². The Morgan fingerprint density at radius 2 is 1.96 bits per heavy atom. The summed E-state index contributed by atoms with van der Waals surface area (Å²) in [6.07, 6.45) is 1.29. The zero-order valence-electron chi connectivity index (χ0n) is 13.3. The van der Waals surface area contributed by atoms with Crippen LogP contribution in [0.4, 0.5) is 0 Å². The Morgan fingerprint density at radius 1 is 1.26 bits per heavy atom. The van der Waals surface area contributed by atoms with Crippen LogP contribution in [-0.4, -0.2) is 29.7 Å². The summed E-state index contributed by atoms with van der Waals surface area (Å²) in [6, 6.07) is 3.32. The molecule has 122 valence electrons. The normalized spacial score (nSPS) is 16.1. The summed E-state index contributed by atoms with van der Waals surface area (Å²) < 4.78 is 26.0. The predicted molar refractivity (Wildman–Crippen MR) is 85.8 cm³/mol. The van der Waals surface area contributed by atoms with Crippen molar-refractivity contribution in [3.63, 3.8) is 0 Å². The molecule has 6 nitrogen and oxygen atoms in total. The number of rotatable bonds is 2. The molecule has 0 bridgehead atoms. The second-order valence-corrected chi connectivity index (χ2v) is 8.00. The van der Waals surface area contributed by atoms with Crippen molar-refractivity contribution in [1.82, 2.24) is 9.78 Å². The van der Waals surface area contributed by atoms with Crippen LogP contribution in [0.5, 0.6) is 0 Å². The SMILES string of the molecule is Cc1[nH]n(C)c(=O)c1C(=O)c1ccc2c(c1C)S(=O)(=O)CCC2. The van der Waals surface area contributed by atoms with E-state index in [4.69, 9.17) is 0 Å². The first-order valence-electron chi connectivity index (χ1n) is 7.39. The molecule has 0 unspecified atom stereocenters. The molecule has 1 aliphatic rings. The highest BCUT2D eigenvalue weighted by Crippen LogP contribution is 2.31. The molecule has 0 spiro atoms. The Balaban J connectivity index is 2.23. The van der Waals surface area contributed by atoms with E-state index in [-0.39, 0.29) is 21.8 Å². The molecule has 2 aromatic rings. The quantitative estimate of drug-likeness (QED) is 0.838. The number of benzene rings is 1. The number of sulfone groups is 1. The Hall–Kier alpha value is -2.15. The number of nitrogens with one attached hydrogen (secondary N) is 1. The highest BCUT2D eigenvalue weighted by atomic mass is 32.2. The van der Waals surface area contributed by atoms with Gasteiger partial charge in [0, 0.05) is 18.3 Å². The molecule has 1 aliphatic heterocycles. The summed E-state index contributed by atoms with van der Waals surface area (Å²) >= 11 is 0. The molecule has 0 aliphatic carbocycles. The summed E-state index contributed by atoms with van der Waals surface area (Å²) in [6.45, 7) is 3.29. The fourth-order valence-electron chi connectivity index (χ4n) is 3.27. The van der Waals surface area contributed by atoms with Crippen LogP contribution in [0.25, 0.3) is 0 Å². The van der Waals surface area contributed by atoms with E-state index in [1.807, 2.05) is 0 Å². The third-order valence-corrected chi connectivity index (χ3v) is 6.37. The van der Waals surface area contributed by atoms with Gasteiger partial charge in [-0.1, -0.05) is 12.1 Å². The molecular formula is C16H18N2O4S. The van der Waals surface area contributed by atoms with Crippen molar-refractivity contribution in [2.75, 3.05) is 5.75 Å². The first-order valence-corrected chi connectivity index (χ1v) is 9.05. The van der Waals surface area contributed by atoms with Crippen LogP contribution in [0.1, 0.15) is 39.2 Å². The summed E-state index contributed by atoms with van der Waals surface area (Å²) in [5.41, 5.74) is 1.59. The van der Waals surface area contributed by atoms with E-state index >= 15 is 0 Å². The molecule has 0 saturated heterocycles. The molecule has 7 heteroatoms. The standard InChI is InChI=1S/C16H18N2O4S/c1-9-12(14(19)13-10(2)17-18(3)16(13)20)7-6-11-5-4-8-23(21,22)15(9)11/h6-7,17H,4-5,8H2,1-3H3. The molecule has 0 fully saturated rings. The van der Waals surface area contributed by atoms with Gasteiger partial charge in [0.25, 0.3) is 5.56 Å². The molecule has 2 heterocycles. The van der Waals surface area contributed by atoms with E-state index in [2.05, 4.69) is 5.10 Å². The van der Waals surface area contributed by atoms with Crippen molar-refractivity contribution < 1.29 is 13.2 Å². The van der Waals surface area contributed by atoms with E-state index in [0.717, 1.165) is 5.56 Å². The zero-order chi connectivity index (χ0) is 16.9. The molecule has 0 amide bonds. The fraction of sp³-hybridized carbons (Fsp3) is 0.375. The molecular weight excluding hydrogens is 316 g/mol. The lowest BCUT2D eigenvalue weighted by atomic mass is 9.96. The van der Waals surface area contributed by atoms with Crippen LogP contribution in [0.2, 0.25) is 0 Å². The van der Waals surface area contributed by atoms with E-state index in [1.165, 1.54) is 11.7 Å². The second kappa shape index (κ2) is 5.19. The summed E-state index contributed by atoms with van der Waals surface area (Å²) in [5.74, 6) is -0.339. The lowest BCUT2D eigenvalue weighted by molar-refractivity contribution is 0.103. The predicted octanol–water partition coefficient (Wildman–Crippen LogP) is 1.28. The van der Waals surface area contributed by atoms with Gasteiger partial charge in [0.15, 0.2) is 9.84 Å². The number of ketones is 1. The molecule has 3 rings (SSSR count). The van der Waals surface area contributed by atoms with Crippen LogP contribution < -0.4 is 5.56 Å². The fourth-order valence-corrected chi connectivity index (χ4v) is 5.14. The van der Waals surface area contributed by atoms with Gasteiger partial charge in [-0.05, 0) is 37.8 Å². The lowest BCUT2D eigenvalue weighted by Gasteiger charge is -2.20. The second-order valence-electron chi connectivity index (χ2n) is 5.95. The Kier molecular flexibility index (Phi) is 3.55. The molecule has 1 N–H and O–H groups in total. The topological polar surface area (TPSA) is 89.0 Å². The highest BCUT2D eigenvalue weighted by molar-refractivity contribution is 7.91. The largest absolute Gasteiger partial charge is 0.299 e. The number of aryl methyl sites for hydroxylation is 3. The summed E-state index contributed by atoms with van der Waals surface area (Å²) in [4.78, 5) is 25.2. The number of H-pyrrole nitrogens is 1. The number of aromatic nitrogens is 2. The molecule has 1 aromatic carbocycles. The Morgan fingerprint density at radius 3 is 2.57 bits per heavy atom. The molecule has 23 heavy (non-hydrogen) atoms. The molecule has 1 aromatic heterocycles. The van der Waals surface area contributed by atoms with Crippen molar-refractivity contribution in [1.29, 1.82) is 0 Å². The highest BCUT2D eigenvalue weighted by Gasteiger charge is 2.29. The van der Waals surface area contributed by atoms with E-state index < -0.39 is 21.2 Å². The number of nitrogens with zero attached hydrogens (tertiary/aromatic N) is 1. The monoisotopic (exact) mass is 334 g/mol. The number of fused-ring (bicyclic) bond motifs is 1. The van der Waals surface area contributed by atoms with Crippen LogP contribution >= 0.6 is 0 Å². The molecule has 0 atom stereocenters. The number of carbonyl (C=O) groups is 1. The molecule has 0 radical (unpaired) electrons. The van der Waals surface area contributed by atoms with Crippen LogP contribution in [0.15, 0.2) is 21.8 Å². The maximum atomic E-state index is 12.8. The van der Waals surface area contributed by atoms with Gasteiger partial charge in [0.1, 0.15) is 5.56 Å². The number of hydrogen-bond acceptors (Lipinski definition) is 4. The van der Waals surface area contributed by atoms with E-state index in [9.17, 15) is 18.0 Å².